The molecule has 0 unspecified atom stereocenters. The van der Waals surface area contributed by atoms with E-state index < -0.39 is 17.5 Å². The summed E-state index contributed by atoms with van der Waals surface area (Å²) in [6, 6.07) is 3.17. The molecule has 1 aromatic rings. The van der Waals surface area contributed by atoms with Gasteiger partial charge in [0.2, 0.25) is 0 Å². The Morgan fingerprint density at radius 3 is 1.91 bits per heavy atom. The molecule has 0 spiro atoms. The zero-order chi connectivity index (χ0) is 8.48. The fourth-order valence-corrected chi connectivity index (χ4v) is 0.644. The number of alkyl halides is 2. The van der Waals surface area contributed by atoms with Crippen LogP contribution in [-0.2, 0) is 11.2 Å². The van der Waals surface area contributed by atoms with Gasteiger partial charge in [0, 0.05) is 0 Å². The fourth-order valence-electron chi connectivity index (χ4n) is 0.644. The first-order valence-corrected chi connectivity index (χ1v) is 2.84. The summed E-state index contributed by atoms with van der Waals surface area (Å²) in [5.74, 6) is -0.641. The van der Waals surface area contributed by atoms with Crippen LogP contribution in [0.25, 0.3) is 0 Å². The molecule has 0 aliphatic heterocycles. The van der Waals surface area contributed by atoms with Crippen LogP contribution >= 0.6 is 0 Å². The summed E-state index contributed by atoms with van der Waals surface area (Å²) in [6.45, 7) is 0. The van der Waals surface area contributed by atoms with Gasteiger partial charge >= 0.3 is 6.11 Å². The van der Waals surface area contributed by atoms with Crippen LogP contribution in [0.5, 0.6) is 0 Å². The first kappa shape index (κ1) is 8.07. The molecule has 1 aromatic carbocycles. The highest BCUT2D eigenvalue weighted by atomic mass is 19.3. The molecule has 1 rings (SSSR count). The van der Waals surface area contributed by atoms with Gasteiger partial charge in [-0.2, -0.15) is 13.9 Å². The molecule has 0 saturated carbocycles. The lowest BCUT2D eigenvalue weighted by Crippen LogP contribution is -2.08. The van der Waals surface area contributed by atoms with Crippen molar-refractivity contribution in [3.63, 3.8) is 0 Å². The molecule has 0 N–H and O–H groups in total. The summed E-state index contributed by atoms with van der Waals surface area (Å²) in [7, 11) is 0. The van der Waals surface area contributed by atoms with Crippen LogP contribution in [-0.4, -0.2) is 0 Å². The topological polar surface area (TPSA) is 19.9 Å². The van der Waals surface area contributed by atoms with Crippen LogP contribution in [0.15, 0.2) is 24.3 Å². The summed E-state index contributed by atoms with van der Waals surface area (Å²) in [4.78, 5) is 0. The van der Waals surface area contributed by atoms with Gasteiger partial charge in [-0.1, -0.05) is 0 Å². The van der Waals surface area contributed by atoms with Crippen LogP contribution < -0.4 is 0 Å². The van der Waals surface area contributed by atoms with Gasteiger partial charge in [-0.15, -0.1) is 0 Å². The minimum Gasteiger partial charge on any atom is -0.207 e. The van der Waals surface area contributed by atoms with Crippen LogP contribution in [0, 0.1) is 5.82 Å². The van der Waals surface area contributed by atoms with Crippen molar-refractivity contribution in [3.8, 4) is 0 Å². The quantitative estimate of drug-likeness (QED) is 0.602. The number of benzene rings is 1. The zero-order valence-corrected chi connectivity index (χ0v) is 5.35. The maximum Gasteiger partial charge on any atom is 0.408 e. The van der Waals surface area contributed by atoms with Gasteiger partial charge < -0.3 is 0 Å². The summed E-state index contributed by atoms with van der Waals surface area (Å²) >= 11 is 0. The van der Waals surface area contributed by atoms with E-state index in [-0.39, 0.29) is 0 Å². The van der Waals surface area contributed by atoms with Crippen molar-refractivity contribution >= 4 is 0 Å². The highest BCUT2D eigenvalue weighted by Crippen LogP contribution is 2.24. The van der Waals surface area contributed by atoms with E-state index in [2.05, 4.69) is 0 Å². The van der Waals surface area contributed by atoms with Gasteiger partial charge in [-0.05, 0) is 24.3 Å². The zero-order valence-electron chi connectivity index (χ0n) is 5.35. The predicted molar refractivity (Wildman–Crippen MR) is 31.0 cm³/mol. The van der Waals surface area contributed by atoms with Crippen molar-refractivity contribution in [2.45, 2.75) is 6.11 Å². The fraction of sp³-hybridized carbons (Fsp3) is 0.143. The van der Waals surface area contributed by atoms with Crippen molar-refractivity contribution in [3.05, 3.63) is 35.6 Å². The number of rotatable bonds is 1. The Bertz CT molecular complexity index is 237. The minimum atomic E-state index is -4.13. The van der Waals surface area contributed by atoms with Crippen LogP contribution in [0.4, 0.5) is 13.2 Å². The number of hydrogen-bond acceptors (Lipinski definition) is 0. The summed E-state index contributed by atoms with van der Waals surface area (Å²) in [5.41, 5.74) is -0.723. The van der Waals surface area contributed by atoms with Crippen LogP contribution in [0.1, 0.15) is 5.56 Å². The average molecular weight is 161 g/mol. The van der Waals surface area contributed by atoms with Crippen molar-refractivity contribution in [2.24, 2.45) is 0 Å². The second-order valence-electron chi connectivity index (χ2n) is 2.02. The molecule has 0 bridgehead atoms. The van der Waals surface area contributed by atoms with Gasteiger partial charge in [0.1, 0.15) is 5.82 Å². The summed E-state index contributed by atoms with van der Waals surface area (Å²) in [6.07, 6.45) is -4.13. The van der Waals surface area contributed by atoms with Gasteiger partial charge in [0.05, 0.1) is 5.56 Å². The number of halogens is 3. The second-order valence-corrected chi connectivity index (χ2v) is 2.02. The average Bonchev–Trinajstić information content (AvgIpc) is 1.86. The maximum atomic E-state index is 12.1. The molecule has 1 nitrogen and oxygen atoms in total. The lowest BCUT2D eigenvalue weighted by atomic mass is 10.2. The molecule has 0 aromatic heterocycles. The van der Waals surface area contributed by atoms with E-state index in [0.717, 1.165) is 24.3 Å². The lowest BCUT2D eigenvalue weighted by Gasteiger charge is -2.04. The van der Waals surface area contributed by atoms with Crippen molar-refractivity contribution < 1.29 is 18.3 Å². The number of hydrogen-bond donors (Lipinski definition) is 0. The Labute approximate surface area is 61.1 Å². The third-order valence-electron chi connectivity index (χ3n) is 1.18. The van der Waals surface area contributed by atoms with Crippen molar-refractivity contribution in [1.82, 2.24) is 0 Å². The molecule has 0 saturated heterocycles. The normalized spacial score (nSPS) is 11.6. The van der Waals surface area contributed by atoms with Gasteiger partial charge in [-0.25, -0.2) is 4.39 Å². The first-order chi connectivity index (χ1) is 5.00. The molecule has 59 valence electrons. The van der Waals surface area contributed by atoms with Crippen LogP contribution in [0.2, 0.25) is 0 Å². The molecule has 0 amide bonds. The molecular weight excluding hydrogens is 157 g/mol. The van der Waals surface area contributed by atoms with Crippen LogP contribution in [0.3, 0.4) is 0 Å². The molecule has 0 aliphatic rings. The SMILES string of the molecule is [O]C(F)(F)c1ccc(F)cc1. The van der Waals surface area contributed by atoms with Gasteiger partial charge in [0.25, 0.3) is 0 Å². The molecule has 11 heavy (non-hydrogen) atoms. The van der Waals surface area contributed by atoms with E-state index in [1.807, 2.05) is 0 Å². The van der Waals surface area contributed by atoms with E-state index in [4.69, 9.17) is 0 Å². The monoisotopic (exact) mass is 161 g/mol. The largest absolute Gasteiger partial charge is 0.408 e. The molecular formula is C7H4F3O. The lowest BCUT2D eigenvalue weighted by molar-refractivity contribution is -0.252. The maximum absolute atomic E-state index is 12.1. The van der Waals surface area contributed by atoms with Gasteiger partial charge in [0.15, 0.2) is 0 Å². The smallest absolute Gasteiger partial charge is 0.207 e. The highest BCUT2D eigenvalue weighted by molar-refractivity contribution is 5.18. The molecule has 0 aliphatic carbocycles. The van der Waals surface area contributed by atoms with E-state index in [1.54, 1.807) is 0 Å². The molecule has 1 radical (unpaired) electrons. The Morgan fingerprint density at radius 2 is 1.55 bits per heavy atom. The third kappa shape index (κ3) is 1.94. The second kappa shape index (κ2) is 2.54. The predicted octanol–water partition coefficient (Wildman–Crippen LogP) is 2.31. The summed E-state index contributed by atoms with van der Waals surface area (Å²) < 4.78 is 35.9. The Hall–Kier alpha value is -1.03. The van der Waals surface area contributed by atoms with Gasteiger partial charge in [-0.3, -0.25) is 0 Å². The standard InChI is InChI=1S/C7H4F3O/c8-6-3-1-5(2-4-6)7(9,10)11/h1-4H. The molecule has 0 atom stereocenters. The summed E-state index contributed by atoms with van der Waals surface area (Å²) in [5, 5.41) is 9.96. The van der Waals surface area contributed by atoms with E-state index in [9.17, 15) is 18.3 Å². The third-order valence-corrected chi connectivity index (χ3v) is 1.18. The Kier molecular flexibility index (Phi) is 1.87. The molecule has 0 fully saturated rings. The van der Waals surface area contributed by atoms with E-state index in [1.165, 1.54) is 0 Å². The Balaban J connectivity index is 2.99. The highest BCUT2D eigenvalue weighted by Gasteiger charge is 2.29. The first-order valence-electron chi connectivity index (χ1n) is 2.84. The van der Waals surface area contributed by atoms with Crippen molar-refractivity contribution in [2.75, 3.05) is 0 Å². The van der Waals surface area contributed by atoms with Crippen molar-refractivity contribution in [1.29, 1.82) is 0 Å². The van der Waals surface area contributed by atoms with E-state index in [0.29, 0.717) is 0 Å². The molecule has 0 heterocycles. The Morgan fingerprint density at radius 1 is 1.09 bits per heavy atom. The minimum absolute atomic E-state index is 0.641. The van der Waals surface area contributed by atoms with E-state index >= 15 is 0 Å². The molecule has 4 heteroatoms.